The Bertz CT molecular complexity index is 816. The highest BCUT2D eigenvalue weighted by Gasteiger charge is 2.41. The molecule has 1 aromatic carbocycles. The Labute approximate surface area is 184 Å². The van der Waals surface area contributed by atoms with Crippen molar-refractivity contribution in [1.29, 1.82) is 0 Å². The topological polar surface area (TPSA) is 63.4 Å². The van der Waals surface area contributed by atoms with Crippen LogP contribution in [0.5, 0.6) is 0 Å². The smallest absolute Gasteiger partial charge is 0.211 e. The maximum atomic E-state index is 11.9. The van der Waals surface area contributed by atoms with Gasteiger partial charge in [-0.1, -0.05) is 26.8 Å². The molecular formula is C24H42N3O2S+. The summed E-state index contributed by atoms with van der Waals surface area (Å²) in [5, 5.41) is 0. The molecule has 0 amide bonds. The van der Waals surface area contributed by atoms with E-state index in [1.165, 1.54) is 54.3 Å². The van der Waals surface area contributed by atoms with E-state index < -0.39 is 10.0 Å². The Kier molecular flexibility index (Phi) is 7.52. The molecule has 1 aliphatic heterocycles. The summed E-state index contributed by atoms with van der Waals surface area (Å²) in [6.45, 7) is 12.0. The second-order valence-electron chi connectivity index (χ2n) is 10.2. The van der Waals surface area contributed by atoms with Crippen molar-refractivity contribution in [2.24, 2.45) is 11.8 Å². The molecule has 1 saturated heterocycles. The molecule has 1 fully saturated rings. The molecule has 1 aliphatic carbocycles. The summed E-state index contributed by atoms with van der Waals surface area (Å²) in [5.74, 6) is 1.26. The fourth-order valence-electron chi connectivity index (χ4n) is 6.07. The molecule has 2 unspecified atom stereocenters. The number of hydrogen-bond donors (Lipinski definition) is 1. The number of rotatable bonds is 8. The van der Waals surface area contributed by atoms with Crippen LogP contribution >= 0.6 is 0 Å². The molecule has 0 radical (unpaired) electrons. The Morgan fingerprint density at radius 1 is 1.17 bits per heavy atom. The first-order chi connectivity index (χ1) is 14.1. The Morgan fingerprint density at radius 3 is 2.47 bits per heavy atom. The molecule has 0 spiro atoms. The molecule has 2 aliphatic rings. The molecule has 0 aromatic heterocycles. The number of benzene rings is 1. The minimum atomic E-state index is -3.06. The van der Waals surface area contributed by atoms with Gasteiger partial charge in [0.15, 0.2) is 0 Å². The molecule has 30 heavy (non-hydrogen) atoms. The van der Waals surface area contributed by atoms with Crippen molar-refractivity contribution < 1.29 is 12.9 Å². The van der Waals surface area contributed by atoms with Crippen molar-refractivity contribution in [1.82, 2.24) is 4.31 Å². The van der Waals surface area contributed by atoms with Crippen LogP contribution in [0.3, 0.4) is 0 Å². The van der Waals surface area contributed by atoms with Crippen molar-refractivity contribution in [2.45, 2.75) is 65.3 Å². The zero-order valence-electron chi connectivity index (χ0n) is 19.4. The van der Waals surface area contributed by atoms with Crippen LogP contribution in [0.15, 0.2) is 18.2 Å². The van der Waals surface area contributed by atoms with E-state index in [2.05, 4.69) is 32.9 Å². The predicted octanol–water partition coefficient (Wildman–Crippen LogP) is 3.68. The first kappa shape index (κ1) is 23.6. The number of hydrogen-bond acceptors (Lipinski definition) is 3. The lowest BCUT2D eigenvalue weighted by Crippen LogP contribution is -2.61. The molecule has 5 nitrogen and oxygen atoms in total. The van der Waals surface area contributed by atoms with Gasteiger partial charge < -0.3 is 10.2 Å². The standard InChI is InChI=1S/C24H42N3O2S/c1-5-14-27(17-19(2)3,18-20-10-12-26(13-11-20)30(4,28)29)24-9-7-21-6-8-23(25)15-22(21)16-24/h6,8,15,19-20,24H,5,7,9-14,16-18,25H2,1-4H3/q+1. The number of fused-ring (bicyclic) bond motifs is 1. The average molecular weight is 437 g/mol. The minimum absolute atomic E-state index is 0.607. The quantitative estimate of drug-likeness (QED) is 0.499. The second-order valence-corrected chi connectivity index (χ2v) is 12.2. The van der Waals surface area contributed by atoms with E-state index in [9.17, 15) is 8.42 Å². The summed E-state index contributed by atoms with van der Waals surface area (Å²) in [6.07, 6.45) is 8.02. The van der Waals surface area contributed by atoms with E-state index in [-0.39, 0.29) is 0 Å². The number of sulfonamides is 1. The lowest BCUT2D eigenvalue weighted by Gasteiger charge is -2.50. The predicted molar refractivity (Wildman–Crippen MR) is 126 cm³/mol. The lowest BCUT2D eigenvalue weighted by molar-refractivity contribution is -0.957. The summed E-state index contributed by atoms with van der Waals surface area (Å²) in [5.41, 5.74) is 9.91. The molecule has 6 heteroatoms. The van der Waals surface area contributed by atoms with Crippen LogP contribution in [-0.4, -0.2) is 62.2 Å². The van der Waals surface area contributed by atoms with E-state index in [4.69, 9.17) is 5.73 Å². The van der Waals surface area contributed by atoms with Crippen LogP contribution in [0.4, 0.5) is 5.69 Å². The number of nitrogen functional groups attached to an aromatic ring is 1. The lowest BCUT2D eigenvalue weighted by atomic mass is 9.83. The highest BCUT2D eigenvalue weighted by atomic mass is 32.2. The Balaban J connectivity index is 1.81. The summed E-state index contributed by atoms with van der Waals surface area (Å²) in [4.78, 5) is 0. The monoisotopic (exact) mass is 436 g/mol. The first-order valence-electron chi connectivity index (χ1n) is 11.8. The summed E-state index contributed by atoms with van der Waals surface area (Å²) in [7, 11) is -3.06. The number of aryl methyl sites for hydroxylation is 1. The molecule has 170 valence electrons. The molecule has 0 saturated carbocycles. The van der Waals surface area contributed by atoms with Gasteiger partial charge in [0.2, 0.25) is 10.0 Å². The van der Waals surface area contributed by atoms with Gasteiger partial charge in [0, 0.05) is 43.5 Å². The minimum Gasteiger partial charge on any atom is -0.399 e. The van der Waals surface area contributed by atoms with Gasteiger partial charge in [-0.25, -0.2) is 12.7 Å². The third-order valence-electron chi connectivity index (χ3n) is 7.27. The van der Waals surface area contributed by atoms with Gasteiger partial charge in [0.25, 0.3) is 0 Å². The average Bonchev–Trinajstić information content (AvgIpc) is 2.66. The molecule has 1 aromatic rings. The van der Waals surface area contributed by atoms with Crippen LogP contribution in [0.25, 0.3) is 0 Å². The van der Waals surface area contributed by atoms with E-state index in [0.29, 0.717) is 31.0 Å². The van der Waals surface area contributed by atoms with Gasteiger partial charge in [-0.3, -0.25) is 0 Å². The van der Waals surface area contributed by atoms with E-state index in [0.717, 1.165) is 31.4 Å². The van der Waals surface area contributed by atoms with Crippen LogP contribution < -0.4 is 5.73 Å². The maximum absolute atomic E-state index is 11.9. The second kappa shape index (κ2) is 9.58. The number of quaternary nitrogens is 1. The van der Waals surface area contributed by atoms with Gasteiger partial charge in [0.05, 0.1) is 31.9 Å². The van der Waals surface area contributed by atoms with Gasteiger partial charge in [0.1, 0.15) is 0 Å². The van der Waals surface area contributed by atoms with Gasteiger partial charge in [-0.2, -0.15) is 0 Å². The number of piperidine rings is 1. The van der Waals surface area contributed by atoms with Gasteiger partial charge in [-0.15, -0.1) is 0 Å². The van der Waals surface area contributed by atoms with Crippen molar-refractivity contribution in [2.75, 3.05) is 44.7 Å². The van der Waals surface area contributed by atoms with E-state index in [1.54, 1.807) is 4.31 Å². The van der Waals surface area contributed by atoms with E-state index >= 15 is 0 Å². The zero-order chi connectivity index (χ0) is 21.9. The van der Waals surface area contributed by atoms with Crippen molar-refractivity contribution in [3.05, 3.63) is 29.3 Å². The SMILES string of the molecule is CCC[N+](CC(C)C)(CC1CCN(S(C)(=O)=O)CC1)C1CCc2ccc(N)cc2C1. The Hall–Kier alpha value is -1.11. The number of nitrogens with zero attached hydrogens (tertiary/aromatic N) is 2. The number of anilines is 1. The van der Waals surface area contributed by atoms with Gasteiger partial charge in [-0.05, 0) is 48.9 Å². The van der Waals surface area contributed by atoms with Crippen LogP contribution in [-0.2, 0) is 22.9 Å². The highest BCUT2D eigenvalue weighted by Crippen LogP contribution is 2.34. The molecular weight excluding hydrogens is 394 g/mol. The molecule has 0 bridgehead atoms. The molecule has 3 rings (SSSR count). The third kappa shape index (κ3) is 5.57. The van der Waals surface area contributed by atoms with E-state index in [1.807, 2.05) is 6.07 Å². The normalized spacial score (nSPS) is 23.3. The number of nitrogens with two attached hydrogens (primary N) is 1. The molecule has 1 heterocycles. The van der Waals surface area contributed by atoms with Crippen molar-refractivity contribution in [3.63, 3.8) is 0 Å². The zero-order valence-corrected chi connectivity index (χ0v) is 20.3. The summed E-state index contributed by atoms with van der Waals surface area (Å²) < 4.78 is 26.7. The van der Waals surface area contributed by atoms with Crippen LogP contribution in [0.1, 0.15) is 57.6 Å². The maximum Gasteiger partial charge on any atom is 0.211 e. The molecule has 2 N–H and O–H groups in total. The van der Waals surface area contributed by atoms with Crippen LogP contribution in [0.2, 0.25) is 0 Å². The van der Waals surface area contributed by atoms with Crippen molar-refractivity contribution >= 4 is 15.7 Å². The Morgan fingerprint density at radius 2 is 1.87 bits per heavy atom. The molecule has 2 atom stereocenters. The first-order valence-corrected chi connectivity index (χ1v) is 13.7. The fourth-order valence-corrected chi connectivity index (χ4v) is 6.95. The summed E-state index contributed by atoms with van der Waals surface area (Å²) in [6, 6.07) is 7.09. The van der Waals surface area contributed by atoms with Crippen LogP contribution in [0, 0.1) is 11.8 Å². The largest absolute Gasteiger partial charge is 0.399 e. The summed E-state index contributed by atoms with van der Waals surface area (Å²) >= 11 is 0. The highest BCUT2D eigenvalue weighted by molar-refractivity contribution is 7.88. The third-order valence-corrected chi connectivity index (χ3v) is 8.57. The van der Waals surface area contributed by atoms with Crippen molar-refractivity contribution in [3.8, 4) is 0 Å². The van der Waals surface area contributed by atoms with Gasteiger partial charge >= 0.3 is 0 Å². The fraction of sp³-hybridized carbons (Fsp3) is 0.750.